The predicted octanol–water partition coefficient (Wildman–Crippen LogP) is 3.07. The Kier molecular flexibility index (Phi) is 5.98. The molecular formula is C12H16BrClF2N2. The average molecular weight is 342 g/mol. The zero-order chi connectivity index (χ0) is 12.4. The molecule has 0 aromatic heterocycles. The summed E-state index contributed by atoms with van der Waals surface area (Å²) in [6.45, 7) is 1.91. The molecule has 1 aromatic rings. The highest BCUT2D eigenvalue weighted by Crippen LogP contribution is 2.23. The minimum Gasteiger partial charge on any atom is -0.328 e. The van der Waals surface area contributed by atoms with Gasteiger partial charge in [0.1, 0.15) is 11.6 Å². The topological polar surface area (TPSA) is 29.3 Å². The Morgan fingerprint density at radius 3 is 2.50 bits per heavy atom. The van der Waals surface area contributed by atoms with Crippen molar-refractivity contribution in [1.82, 2.24) is 4.90 Å². The van der Waals surface area contributed by atoms with Gasteiger partial charge in [-0.3, -0.25) is 4.90 Å². The Hall–Kier alpha value is -0.230. The van der Waals surface area contributed by atoms with Gasteiger partial charge in [0.25, 0.3) is 0 Å². The van der Waals surface area contributed by atoms with Crippen LogP contribution >= 0.6 is 28.3 Å². The number of hydrogen-bond acceptors (Lipinski definition) is 2. The fourth-order valence-corrected chi connectivity index (χ4v) is 2.42. The lowest BCUT2D eigenvalue weighted by atomic mass is 10.1. The van der Waals surface area contributed by atoms with Crippen molar-refractivity contribution in [3.8, 4) is 0 Å². The van der Waals surface area contributed by atoms with Crippen LogP contribution in [-0.4, -0.2) is 24.0 Å². The molecule has 0 unspecified atom stereocenters. The standard InChI is InChI=1S/C12H15BrF2N2.ClH/c13-10-1-2-11(14)9(12(10)15)7-17-5-3-8(16)4-6-17;/h1-2,8H,3-7,16H2;1H. The molecule has 102 valence electrons. The van der Waals surface area contributed by atoms with Crippen LogP contribution in [0.3, 0.4) is 0 Å². The second-order valence-corrected chi connectivity index (χ2v) is 5.29. The summed E-state index contributed by atoms with van der Waals surface area (Å²) >= 11 is 3.07. The van der Waals surface area contributed by atoms with Gasteiger partial charge in [0.15, 0.2) is 0 Å². The lowest BCUT2D eigenvalue weighted by Crippen LogP contribution is -2.39. The minimum atomic E-state index is -0.500. The van der Waals surface area contributed by atoms with Crippen molar-refractivity contribution in [2.24, 2.45) is 5.73 Å². The Balaban J connectivity index is 0.00000162. The van der Waals surface area contributed by atoms with E-state index in [1.807, 2.05) is 4.90 Å². The third kappa shape index (κ3) is 3.63. The molecule has 0 bridgehead atoms. The van der Waals surface area contributed by atoms with Crippen LogP contribution in [0.25, 0.3) is 0 Å². The van der Waals surface area contributed by atoms with Crippen molar-refractivity contribution in [3.63, 3.8) is 0 Å². The number of nitrogens with two attached hydrogens (primary N) is 1. The summed E-state index contributed by atoms with van der Waals surface area (Å²) in [7, 11) is 0. The molecule has 1 aromatic carbocycles. The van der Waals surface area contributed by atoms with Gasteiger partial charge >= 0.3 is 0 Å². The molecular weight excluding hydrogens is 325 g/mol. The minimum absolute atomic E-state index is 0. The largest absolute Gasteiger partial charge is 0.328 e. The molecule has 0 aliphatic carbocycles. The molecule has 18 heavy (non-hydrogen) atoms. The molecule has 6 heteroatoms. The summed E-state index contributed by atoms with van der Waals surface area (Å²) in [5, 5.41) is 0. The van der Waals surface area contributed by atoms with E-state index in [2.05, 4.69) is 15.9 Å². The number of likely N-dealkylation sites (tertiary alicyclic amines) is 1. The van der Waals surface area contributed by atoms with E-state index in [-0.39, 0.29) is 24.0 Å². The van der Waals surface area contributed by atoms with Crippen molar-refractivity contribution in [2.45, 2.75) is 25.4 Å². The normalized spacial score (nSPS) is 17.6. The first-order valence-electron chi connectivity index (χ1n) is 5.68. The van der Waals surface area contributed by atoms with E-state index in [1.165, 1.54) is 12.1 Å². The Morgan fingerprint density at radius 2 is 1.89 bits per heavy atom. The van der Waals surface area contributed by atoms with Gasteiger partial charge in [-0.25, -0.2) is 8.78 Å². The van der Waals surface area contributed by atoms with Crippen molar-refractivity contribution in [1.29, 1.82) is 0 Å². The monoisotopic (exact) mass is 340 g/mol. The first-order valence-corrected chi connectivity index (χ1v) is 6.47. The zero-order valence-electron chi connectivity index (χ0n) is 9.83. The molecule has 0 atom stereocenters. The van der Waals surface area contributed by atoms with Crippen LogP contribution in [-0.2, 0) is 6.54 Å². The van der Waals surface area contributed by atoms with Gasteiger partial charge in [-0.2, -0.15) is 0 Å². The molecule has 0 saturated carbocycles. The lowest BCUT2D eigenvalue weighted by molar-refractivity contribution is 0.201. The van der Waals surface area contributed by atoms with Crippen molar-refractivity contribution >= 4 is 28.3 Å². The van der Waals surface area contributed by atoms with E-state index in [0.29, 0.717) is 11.0 Å². The third-order valence-electron chi connectivity index (χ3n) is 3.15. The fraction of sp³-hybridized carbons (Fsp3) is 0.500. The molecule has 1 saturated heterocycles. The maximum absolute atomic E-state index is 13.8. The second kappa shape index (κ2) is 6.80. The highest BCUT2D eigenvalue weighted by molar-refractivity contribution is 9.10. The number of nitrogens with zero attached hydrogens (tertiary/aromatic N) is 1. The first-order chi connectivity index (χ1) is 8.08. The van der Waals surface area contributed by atoms with E-state index in [9.17, 15) is 8.78 Å². The van der Waals surface area contributed by atoms with E-state index in [1.54, 1.807) is 0 Å². The molecule has 2 rings (SSSR count). The molecule has 1 aliphatic heterocycles. The van der Waals surface area contributed by atoms with E-state index in [0.717, 1.165) is 25.9 Å². The number of hydrogen-bond donors (Lipinski definition) is 1. The summed E-state index contributed by atoms with van der Waals surface area (Å²) in [4.78, 5) is 2.04. The van der Waals surface area contributed by atoms with Crippen molar-refractivity contribution in [3.05, 3.63) is 33.8 Å². The van der Waals surface area contributed by atoms with Crippen molar-refractivity contribution < 1.29 is 8.78 Å². The summed E-state index contributed by atoms with van der Waals surface area (Å²) in [6, 6.07) is 2.90. The zero-order valence-corrected chi connectivity index (χ0v) is 12.2. The van der Waals surface area contributed by atoms with E-state index in [4.69, 9.17) is 5.73 Å². The lowest BCUT2D eigenvalue weighted by Gasteiger charge is -2.30. The molecule has 1 fully saturated rings. The van der Waals surface area contributed by atoms with Crippen LogP contribution < -0.4 is 5.73 Å². The fourth-order valence-electron chi connectivity index (χ4n) is 2.05. The van der Waals surface area contributed by atoms with Gasteiger partial charge in [-0.1, -0.05) is 0 Å². The second-order valence-electron chi connectivity index (χ2n) is 4.44. The maximum atomic E-state index is 13.8. The summed E-state index contributed by atoms with van der Waals surface area (Å²) in [6.07, 6.45) is 1.77. The summed E-state index contributed by atoms with van der Waals surface area (Å²) in [5.74, 6) is -0.986. The van der Waals surface area contributed by atoms with Gasteiger partial charge in [-0.15, -0.1) is 12.4 Å². The van der Waals surface area contributed by atoms with Gasteiger partial charge in [0, 0.05) is 18.2 Å². The number of piperidine rings is 1. The first kappa shape index (κ1) is 15.8. The van der Waals surface area contributed by atoms with Crippen LogP contribution in [0.15, 0.2) is 16.6 Å². The van der Waals surface area contributed by atoms with Gasteiger partial charge < -0.3 is 5.73 Å². The van der Waals surface area contributed by atoms with Crippen LogP contribution in [0.1, 0.15) is 18.4 Å². The third-order valence-corrected chi connectivity index (χ3v) is 3.77. The highest BCUT2D eigenvalue weighted by atomic mass is 79.9. The van der Waals surface area contributed by atoms with Crippen LogP contribution in [0.5, 0.6) is 0 Å². The van der Waals surface area contributed by atoms with Gasteiger partial charge in [0.05, 0.1) is 4.47 Å². The van der Waals surface area contributed by atoms with E-state index >= 15 is 0 Å². The number of rotatable bonds is 2. The predicted molar refractivity (Wildman–Crippen MR) is 73.8 cm³/mol. The maximum Gasteiger partial charge on any atom is 0.144 e. The van der Waals surface area contributed by atoms with Crippen LogP contribution in [0.4, 0.5) is 8.78 Å². The molecule has 0 amide bonds. The van der Waals surface area contributed by atoms with E-state index < -0.39 is 11.6 Å². The van der Waals surface area contributed by atoms with Crippen molar-refractivity contribution in [2.75, 3.05) is 13.1 Å². The molecule has 1 aliphatic rings. The molecule has 0 spiro atoms. The molecule has 1 heterocycles. The average Bonchev–Trinajstić information content (AvgIpc) is 2.32. The van der Waals surface area contributed by atoms with Gasteiger partial charge in [-0.05, 0) is 54.0 Å². The number of benzene rings is 1. The summed E-state index contributed by atoms with van der Waals surface area (Å²) in [5.41, 5.74) is 5.93. The molecule has 2 N–H and O–H groups in total. The Morgan fingerprint density at radius 1 is 1.28 bits per heavy atom. The Bertz CT molecular complexity index is 409. The summed E-state index contributed by atoms with van der Waals surface area (Å²) < 4.78 is 27.6. The highest BCUT2D eigenvalue weighted by Gasteiger charge is 2.20. The molecule has 0 radical (unpaired) electrons. The van der Waals surface area contributed by atoms with Crippen LogP contribution in [0.2, 0.25) is 0 Å². The SMILES string of the molecule is Cl.NC1CCN(Cc2c(F)ccc(Br)c2F)CC1. The van der Waals surface area contributed by atoms with Crippen LogP contribution in [0, 0.1) is 11.6 Å². The Labute approximate surface area is 120 Å². The molecule has 2 nitrogen and oxygen atoms in total. The quantitative estimate of drug-likeness (QED) is 0.838. The smallest absolute Gasteiger partial charge is 0.144 e. The van der Waals surface area contributed by atoms with Gasteiger partial charge in [0.2, 0.25) is 0 Å². The number of halogens is 4.